The monoisotopic (exact) mass is 157 g/mol. The molecule has 2 nitrogen and oxygen atoms in total. The van der Waals surface area contributed by atoms with E-state index in [-0.39, 0.29) is 0 Å². The van der Waals surface area contributed by atoms with Crippen molar-refractivity contribution < 1.29 is 4.74 Å². The first kappa shape index (κ1) is 9.01. The Morgan fingerprint density at radius 3 is 2.18 bits per heavy atom. The lowest BCUT2D eigenvalue weighted by atomic mass is 10.0. The van der Waals surface area contributed by atoms with Crippen molar-refractivity contribution in [3.05, 3.63) is 0 Å². The molecular formula is C9H19NO. The molecule has 0 aliphatic heterocycles. The molecule has 11 heavy (non-hydrogen) atoms. The first-order valence-electron chi connectivity index (χ1n) is 4.44. The zero-order chi connectivity index (χ0) is 8.48. The van der Waals surface area contributed by atoms with Crippen molar-refractivity contribution in [3.63, 3.8) is 0 Å². The maximum absolute atomic E-state index is 5.84. The maximum Gasteiger partial charge on any atom is 0.0540 e. The van der Waals surface area contributed by atoms with Gasteiger partial charge >= 0.3 is 0 Å². The first-order valence-corrected chi connectivity index (χ1v) is 4.44. The van der Waals surface area contributed by atoms with Gasteiger partial charge in [0.1, 0.15) is 0 Å². The molecule has 0 amide bonds. The van der Waals surface area contributed by atoms with Gasteiger partial charge in [0.05, 0.1) is 12.7 Å². The van der Waals surface area contributed by atoms with Gasteiger partial charge in [-0.15, -0.1) is 0 Å². The predicted octanol–water partition coefficient (Wildman–Crippen LogP) is 1.54. The van der Waals surface area contributed by atoms with Gasteiger partial charge in [-0.25, -0.2) is 0 Å². The van der Waals surface area contributed by atoms with Crippen molar-refractivity contribution in [3.8, 4) is 0 Å². The minimum atomic E-state index is 0.293. The molecule has 1 atom stereocenters. The Kier molecular flexibility index (Phi) is 2.55. The Morgan fingerprint density at radius 2 is 1.91 bits per heavy atom. The number of nitrogens with two attached hydrogens (primary N) is 1. The van der Waals surface area contributed by atoms with Crippen LogP contribution in [0.1, 0.15) is 33.6 Å². The average Bonchev–Trinajstić information content (AvgIpc) is 2.63. The SMILES string of the molecule is CC(C)OCC1(C(C)N)CC1. The molecule has 1 saturated carbocycles. The van der Waals surface area contributed by atoms with E-state index in [4.69, 9.17) is 10.5 Å². The van der Waals surface area contributed by atoms with Gasteiger partial charge in [0.25, 0.3) is 0 Å². The Balaban J connectivity index is 2.25. The summed E-state index contributed by atoms with van der Waals surface area (Å²) in [6.07, 6.45) is 2.83. The maximum atomic E-state index is 5.84. The Hall–Kier alpha value is -0.0800. The lowest BCUT2D eigenvalue weighted by molar-refractivity contribution is 0.0375. The standard InChI is InChI=1S/C9H19NO/c1-7(2)11-6-9(4-5-9)8(3)10/h7-8H,4-6,10H2,1-3H3. The van der Waals surface area contributed by atoms with E-state index in [0.29, 0.717) is 17.6 Å². The van der Waals surface area contributed by atoms with Crippen molar-refractivity contribution in [2.75, 3.05) is 6.61 Å². The zero-order valence-corrected chi connectivity index (χ0v) is 7.76. The minimum Gasteiger partial charge on any atom is -0.378 e. The third-order valence-corrected chi connectivity index (χ3v) is 2.56. The summed E-state index contributed by atoms with van der Waals surface area (Å²) in [5, 5.41) is 0. The highest BCUT2D eigenvalue weighted by Gasteiger charge is 2.46. The second-order valence-electron chi connectivity index (χ2n) is 4.01. The van der Waals surface area contributed by atoms with Crippen LogP contribution < -0.4 is 5.73 Å². The van der Waals surface area contributed by atoms with Crippen LogP contribution in [0.25, 0.3) is 0 Å². The van der Waals surface area contributed by atoms with E-state index in [2.05, 4.69) is 20.8 Å². The largest absolute Gasteiger partial charge is 0.378 e. The van der Waals surface area contributed by atoms with Gasteiger partial charge in [0.15, 0.2) is 0 Å². The van der Waals surface area contributed by atoms with E-state index in [1.165, 1.54) is 12.8 Å². The number of ether oxygens (including phenoxy) is 1. The van der Waals surface area contributed by atoms with Gasteiger partial charge in [-0.3, -0.25) is 0 Å². The Morgan fingerprint density at radius 1 is 1.36 bits per heavy atom. The number of hydrogen-bond donors (Lipinski definition) is 1. The number of hydrogen-bond acceptors (Lipinski definition) is 2. The summed E-state index contributed by atoms with van der Waals surface area (Å²) in [4.78, 5) is 0. The van der Waals surface area contributed by atoms with E-state index in [9.17, 15) is 0 Å². The quantitative estimate of drug-likeness (QED) is 0.672. The summed E-state index contributed by atoms with van der Waals surface area (Å²) in [6, 6.07) is 0.293. The second-order valence-corrected chi connectivity index (χ2v) is 4.01. The molecule has 1 fully saturated rings. The highest BCUT2D eigenvalue weighted by atomic mass is 16.5. The normalized spacial score (nSPS) is 23.7. The van der Waals surface area contributed by atoms with Gasteiger partial charge in [0, 0.05) is 11.5 Å². The lowest BCUT2D eigenvalue weighted by Gasteiger charge is -2.20. The van der Waals surface area contributed by atoms with E-state index in [1.54, 1.807) is 0 Å². The first-order chi connectivity index (χ1) is 5.07. The molecule has 1 aliphatic carbocycles. The van der Waals surface area contributed by atoms with Crippen LogP contribution in [-0.4, -0.2) is 18.8 Å². The molecule has 1 rings (SSSR count). The fraction of sp³-hybridized carbons (Fsp3) is 1.00. The van der Waals surface area contributed by atoms with E-state index < -0.39 is 0 Å². The molecule has 1 aliphatic rings. The van der Waals surface area contributed by atoms with Crippen molar-refractivity contribution in [2.45, 2.75) is 45.8 Å². The minimum absolute atomic E-state index is 0.293. The van der Waals surface area contributed by atoms with Crippen molar-refractivity contribution >= 4 is 0 Å². The van der Waals surface area contributed by atoms with E-state index in [0.717, 1.165) is 6.61 Å². The summed E-state index contributed by atoms with van der Waals surface area (Å²) >= 11 is 0. The third-order valence-electron chi connectivity index (χ3n) is 2.56. The molecule has 0 bridgehead atoms. The molecule has 0 aromatic carbocycles. The Bertz CT molecular complexity index is 128. The molecule has 66 valence electrons. The highest BCUT2D eigenvalue weighted by molar-refractivity contribution is 4.99. The van der Waals surface area contributed by atoms with Crippen LogP contribution in [0.2, 0.25) is 0 Å². The van der Waals surface area contributed by atoms with Crippen molar-refractivity contribution in [2.24, 2.45) is 11.1 Å². The van der Waals surface area contributed by atoms with E-state index in [1.807, 2.05) is 0 Å². The summed E-state index contributed by atoms with van der Waals surface area (Å²) in [5.41, 5.74) is 6.18. The molecule has 0 aromatic rings. The zero-order valence-electron chi connectivity index (χ0n) is 7.76. The van der Waals surface area contributed by atoms with Crippen LogP contribution in [0.5, 0.6) is 0 Å². The summed E-state index contributed by atoms with van der Waals surface area (Å²) in [7, 11) is 0. The molecule has 2 N–H and O–H groups in total. The molecule has 0 spiro atoms. The van der Waals surface area contributed by atoms with Crippen molar-refractivity contribution in [1.29, 1.82) is 0 Å². The average molecular weight is 157 g/mol. The molecule has 2 heteroatoms. The predicted molar refractivity (Wildman–Crippen MR) is 46.4 cm³/mol. The van der Waals surface area contributed by atoms with E-state index >= 15 is 0 Å². The summed E-state index contributed by atoms with van der Waals surface area (Å²) in [5.74, 6) is 0. The smallest absolute Gasteiger partial charge is 0.0540 e. The van der Waals surface area contributed by atoms with Crippen LogP contribution in [-0.2, 0) is 4.74 Å². The van der Waals surface area contributed by atoms with Crippen LogP contribution in [0.4, 0.5) is 0 Å². The van der Waals surface area contributed by atoms with Crippen LogP contribution in [0.3, 0.4) is 0 Å². The molecule has 0 aromatic heterocycles. The fourth-order valence-electron chi connectivity index (χ4n) is 1.22. The highest BCUT2D eigenvalue weighted by Crippen LogP contribution is 2.48. The van der Waals surface area contributed by atoms with Crippen LogP contribution in [0, 0.1) is 5.41 Å². The second kappa shape index (κ2) is 3.11. The lowest BCUT2D eigenvalue weighted by Crippen LogP contribution is -2.32. The fourth-order valence-corrected chi connectivity index (χ4v) is 1.22. The van der Waals surface area contributed by atoms with Crippen LogP contribution in [0.15, 0.2) is 0 Å². The third kappa shape index (κ3) is 2.17. The van der Waals surface area contributed by atoms with Crippen LogP contribution >= 0.6 is 0 Å². The van der Waals surface area contributed by atoms with Gasteiger partial charge in [0.2, 0.25) is 0 Å². The molecule has 0 saturated heterocycles. The molecule has 1 unspecified atom stereocenters. The summed E-state index contributed by atoms with van der Waals surface area (Å²) < 4.78 is 5.55. The number of rotatable bonds is 4. The molecule has 0 heterocycles. The van der Waals surface area contributed by atoms with Crippen molar-refractivity contribution in [1.82, 2.24) is 0 Å². The van der Waals surface area contributed by atoms with Gasteiger partial charge in [-0.2, -0.15) is 0 Å². The Labute approximate surface area is 69.1 Å². The summed E-state index contributed by atoms with van der Waals surface area (Å²) in [6.45, 7) is 7.06. The van der Waals surface area contributed by atoms with Gasteiger partial charge < -0.3 is 10.5 Å². The van der Waals surface area contributed by atoms with Gasteiger partial charge in [-0.1, -0.05) is 0 Å². The molecular weight excluding hydrogens is 138 g/mol. The topological polar surface area (TPSA) is 35.2 Å². The molecule has 0 radical (unpaired) electrons. The van der Waals surface area contributed by atoms with Gasteiger partial charge in [-0.05, 0) is 33.6 Å².